The minimum absolute atomic E-state index is 0.00659. The van der Waals surface area contributed by atoms with Crippen LogP contribution in [0.5, 0.6) is 0 Å². The molecule has 0 spiro atoms. The zero-order valence-electron chi connectivity index (χ0n) is 40.5. The Morgan fingerprint density at radius 1 is 0.527 bits per heavy atom. The Morgan fingerprint density at radius 3 is 1.27 bits per heavy atom. The van der Waals surface area contributed by atoms with E-state index in [9.17, 15) is 64.7 Å². The van der Waals surface area contributed by atoms with Gasteiger partial charge >= 0.3 is 18.1 Å². The molecule has 5 aromatic rings. The van der Waals surface area contributed by atoms with Crippen molar-refractivity contribution in [2.45, 2.75) is 42.5 Å². The first kappa shape index (κ1) is 48.8. The van der Waals surface area contributed by atoms with Crippen molar-refractivity contribution in [3.8, 4) is 0 Å². The highest BCUT2D eigenvalue weighted by molar-refractivity contribution is 6.10. The van der Waals surface area contributed by atoms with E-state index in [0.29, 0.717) is 34.8 Å². The summed E-state index contributed by atoms with van der Waals surface area (Å²) in [6, 6.07) is 17.9. The minimum Gasteiger partial charge on any atom is -0.382 e. The number of rotatable bonds is 11. The molecule has 3 atom stereocenters. The van der Waals surface area contributed by atoms with Crippen LogP contribution in [0.15, 0.2) is 97.1 Å². The second-order valence-electron chi connectivity index (χ2n) is 18.2. The summed E-state index contributed by atoms with van der Waals surface area (Å²) in [6.07, 6.45) is 2.26. The Kier molecular flexibility index (Phi) is 12.7. The number of carbonyl (C=O) groups is 8. The molecule has 0 radical (unpaired) electrons. The van der Waals surface area contributed by atoms with Gasteiger partial charge < -0.3 is 36.8 Å². The van der Waals surface area contributed by atoms with Gasteiger partial charge in [-0.15, -0.1) is 0 Å². The lowest BCUT2D eigenvalue weighted by atomic mass is 9.89. The topological polar surface area (TPSA) is 253 Å². The molecule has 18 nitrogen and oxygen atoms in total. The quantitative estimate of drug-likeness (QED) is 0.0687. The molecule has 0 aromatic heterocycles. The van der Waals surface area contributed by atoms with Crippen LogP contribution in [-0.4, -0.2) is 83.6 Å². The summed E-state index contributed by atoms with van der Waals surface area (Å²) in [7, 11) is 0. The molecular weight excluding hydrogens is 983 g/mol. The summed E-state index contributed by atoms with van der Waals surface area (Å²) in [6.45, 7) is 0.253. The number of imide groups is 3. The molecule has 6 aliphatic rings. The van der Waals surface area contributed by atoms with E-state index in [1.54, 1.807) is 6.07 Å². The van der Waals surface area contributed by atoms with Crippen molar-refractivity contribution in [2.24, 2.45) is 11.7 Å². The molecule has 74 heavy (non-hydrogen) atoms. The van der Waals surface area contributed by atoms with E-state index >= 15 is 0 Å². The lowest BCUT2D eigenvalue weighted by molar-refractivity contribution is -0.125. The molecule has 3 saturated heterocycles. The first-order valence-corrected chi connectivity index (χ1v) is 22.8. The number of carbonyl (C=O) groups excluding carboxylic acids is 8. The molecule has 9 N–H and O–H groups in total. The van der Waals surface area contributed by atoms with E-state index in [2.05, 4.69) is 37.2 Å². The summed E-state index contributed by atoms with van der Waals surface area (Å²) in [5, 5.41) is 17.0. The van der Waals surface area contributed by atoms with Crippen molar-refractivity contribution < 1.29 is 67.7 Å². The van der Waals surface area contributed by atoms with Gasteiger partial charge in [-0.25, -0.2) is 40.7 Å². The maximum Gasteiger partial charge on any atom is 0.322 e. The normalized spacial score (nSPS) is 22.5. The van der Waals surface area contributed by atoms with Gasteiger partial charge in [0.15, 0.2) is 28.3 Å². The number of fused-ring (bicyclic) bond motifs is 2. The van der Waals surface area contributed by atoms with Gasteiger partial charge in [0.2, 0.25) is 0 Å². The Balaban J connectivity index is 0.000000156. The van der Waals surface area contributed by atoms with Crippen LogP contribution in [0.2, 0.25) is 0 Å². The maximum absolute atomic E-state index is 14.5. The fourth-order valence-electron chi connectivity index (χ4n) is 9.26. The van der Waals surface area contributed by atoms with E-state index in [0.717, 1.165) is 37.1 Å². The highest BCUT2D eigenvalue weighted by Gasteiger charge is 2.52. The third kappa shape index (κ3) is 9.41. The van der Waals surface area contributed by atoms with Gasteiger partial charge in [0.25, 0.3) is 29.5 Å². The predicted molar refractivity (Wildman–Crippen MR) is 249 cm³/mol. The summed E-state index contributed by atoms with van der Waals surface area (Å²) >= 11 is 0. The molecule has 4 fully saturated rings. The number of amides is 11. The minimum atomic E-state index is -1.64. The van der Waals surface area contributed by atoms with Gasteiger partial charge in [-0.3, -0.25) is 39.9 Å². The van der Waals surface area contributed by atoms with Crippen LogP contribution >= 0.6 is 0 Å². The second kappa shape index (κ2) is 19.3. The van der Waals surface area contributed by atoms with Crippen molar-refractivity contribution >= 4 is 53.3 Å². The third-order valence-electron chi connectivity index (χ3n) is 13.4. The Bertz CT molecular complexity index is 3200. The van der Waals surface area contributed by atoms with Gasteiger partial charge in [-0.2, -0.15) is 0 Å². The molecule has 1 saturated carbocycles. The van der Waals surface area contributed by atoms with Crippen molar-refractivity contribution in [2.75, 3.05) is 31.5 Å². The van der Waals surface area contributed by atoms with Gasteiger partial charge in [0, 0.05) is 40.3 Å². The Hall–Kier alpha value is -8.80. The molecule has 11 rings (SSSR count). The molecule has 11 amide bonds. The summed E-state index contributed by atoms with van der Waals surface area (Å²) in [4.78, 5) is 99.8. The van der Waals surface area contributed by atoms with Crippen LogP contribution in [-0.2, 0) is 44.1 Å². The van der Waals surface area contributed by atoms with Crippen LogP contribution in [0, 0.1) is 40.8 Å². The molecule has 5 aliphatic heterocycles. The SMILES string of the molecule is NCC1(c2ccc(F)cc2)NC(=O)NC1=O.O=C1NC(=O)C(CN2Cc3cc(F)c(F)cc3C2=O)(c2ccc(F)cc2)N1.O=C1NC(=O)C(CN2Cc3cc(NCC4CC4)c(F)cc3C2=O)(c2ccc(F)cc2)N1.[2H][2H]. The highest BCUT2D eigenvalue weighted by atomic mass is 19.2. The number of urea groups is 3. The molecule has 24 heteroatoms. The number of benzene rings is 5. The standard InChI is InChI=1S/C22H20F2N4O3.C18H12F3N3O3.C10H10FN3O2.H2/c23-15-5-3-14(4-6-15)22(20(30)26-21(31)27-22)11-28-10-13-7-18(25-9-12-1-2-12)17(24)8-16(13)19(28)29;19-11-3-1-10(2-4-11)18(16(26)22-17(27)23-18)8-24-7-9-5-13(20)14(21)6-12(9)15(24)25;11-7-3-1-6(2-4-7)10(5-12)8(15)13-9(16)14-10;/h3-8,12,25H,1-2,9-11H2,(H2,26,27,30,31);1-6H,7-8H2,(H2,22,23,26,27);1-4H,5,12H2,(H2,13,14,15,16);1H/i;;;1+1D. The summed E-state index contributed by atoms with van der Waals surface area (Å²) in [5.41, 5.74) is 3.60. The number of halogens is 6. The molecule has 5 heterocycles. The average Bonchev–Trinajstić information content (AvgIpc) is 3.81. The molecule has 384 valence electrons. The van der Waals surface area contributed by atoms with Gasteiger partial charge in [0.1, 0.15) is 23.3 Å². The Morgan fingerprint density at radius 2 is 0.892 bits per heavy atom. The monoisotopic (exact) mass is 1030 g/mol. The number of nitrogens with one attached hydrogen (secondary N) is 7. The van der Waals surface area contributed by atoms with E-state index in [4.69, 9.17) is 8.70 Å². The van der Waals surface area contributed by atoms with Crippen LogP contribution in [0.3, 0.4) is 0 Å². The number of nitrogens with two attached hydrogens (primary N) is 1. The molecule has 5 aromatic carbocycles. The Labute approximate surface area is 418 Å². The van der Waals surface area contributed by atoms with E-state index < -0.39 is 99.1 Å². The van der Waals surface area contributed by atoms with Crippen LogP contribution in [0.1, 0.15) is 64.3 Å². The van der Waals surface area contributed by atoms with E-state index in [-0.39, 0.29) is 55.0 Å². The maximum atomic E-state index is 14.5. The van der Waals surface area contributed by atoms with Crippen molar-refractivity contribution in [1.82, 2.24) is 41.7 Å². The van der Waals surface area contributed by atoms with Crippen molar-refractivity contribution in [1.29, 1.82) is 0 Å². The van der Waals surface area contributed by atoms with Gasteiger partial charge in [-0.1, -0.05) is 36.4 Å². The third-order valence-corrected chi connectivity index (χ3v) is 13.4. The molecule has 1 aliphatic carbocycles. The fraction of sp³-hybridized carbons (Fsp3) is 0.240. The van der Waals surface area contributed by atoms with E-state index in [1.165, 1.54) is 76.5 Å². The molecule has 3 unspecified atom stereocenters. The first-order chi connectivity index (χ1) is 36.2. The lowest BCUT2D eigenvalue weighted by Gasteiger charge is -2.31. The second-order valence-corrected chi connectivity index (χ2v) is 18.2. The number of nitrogens with zero attached hydrogens (tertiary/aromatic N) is 2. The fourth-order valence-corrected chi connectivity index (χ4v) is 9.26. The van der Waals surface area contributed by atoms with Crippen LogP contribution < -0.4 is 43.0 Å². The first-order valence-electron chi connectivity index (χ1n) is 23.8. The number of anilines is 1. The van der Waals surface area contributed by atoms with Gasteiger partial charge in [-0.05, 0) is 107 Å². The lowest BCUT2D eigenvalue weighted by Crippen LogP contribution is -2.52. The smallest absolute Gasteiger partial charge is 0.322 e. The average molecular weight is 1030 g/mol. The number of hydrogen-bond acceptors (Lipinski definition) is 10. The largest absolute Gasteiger partial charge is 0.382 e. The molecular formula is C50H44F6N10O8. The highest BCUT2D eigenvalue weighted by Crippen LogP contribution is 2.36. The van der Waals surface area contributed by atoms with Crippen molar-refractivity contribution in [3.05, 3.63) is 171 Å². The molecule has 0 bridgehead atoms. The van der Waals surface area contributed by atoms with Crippen LogP contribution in [0.4, 0.5) is 46.4 Å². The summed E-state index contributed by atoms with van der Waals surface area (Å²) < 4.78 is 90.9. The van der Waals surface area contributed by atoms with E-state index in [1.807, 2.05) is 0 Å². The zero-order chi connectivity index (χ0) is 54.9. The number of hydrogen-bond donors (Lipinski definition) is 8. The zero-order valence-corrected chi connectivity index (χ0v) is 38.5. The van der Waals surface area contributed by atoms with Crippen molar-refractivity contribution in [3.63, 3.8) is 0 Å². The van der Waals surface area contributed by atoms with Crippen LogP contribution in [0.25, 0.3) is 0 Å². The summed E-state index contributed by atoms with van der Waals surface area (Å²) in [5.74, 6) is -6.51. The predicted octanol–water partition coefficient (Wildman–Crippen LogP) is 4.34. The van der Waals surface area contributed by atoms with Gasteiger partial charge in [0.05, 0.1) is 18.8 Å².